The van der Waals surface area contributed by atoms with Gasteiger partial charge in [0.2, 0.25) is 0 Å². The molecule has 18 heavy (non-hydrogen) atoms. The van der Waals surface area contributed by atoms with Crippen molar-refractivity contribution in [2.75, 3.05) is 31.2 Å². The molecule has 0 amide bonds. The first-order valence-corrected chi connectivity index (χ1v) is 5.47. The molecule has 0 unspecified atom stereocenters. The molecule has 2 rings (SSSR count). The molecule has 1 saturated heterocycles. The number of carboxylic acid groups (broad SMARTS) is 1. The van der Waals surface area contributed by atoms with Crippen molar-refractivity contribution in [3.05, 3.63) is 34.2 Å². The quantitative estimate of drug-likeness (QED) is 0.503. The molecule has 1 N–H and O–H groups in total. The first kappa shape index (κ1) is 12.2. The summed E-state index contributed by atoms with van der Waals surface area (Å²) in [5, 5.41) is 12.4. The van der Waals surface area contributed by atoms with E-state index in [0.29, 0.717) is 13.2 Å². The number of aromatic carboxylic acids is 1. The highest BCUT2D eigenvalue weighted by atomic mass is 16.5. The van der Waals surface area contributed by atoms with Crippen molar-refractivity contribution in [1.82, 2.24) is 0 Å². The number of hydrogen-bond acceptors (Lipinski definition) is 4. The van der Waals surface area contributed by atoms with Crippen LogP contribution >= 0.6 is 0 Å². The molecule has 0 bridgehead atoms. The van der Waals surface area contributed by atoms with Gasteiger partial charge in [-0.1, -0.05) is 5.11 Å². The number of ether oxygens (including phenoxy) is 1. The van der Waals surface area contributed by atoms with Crippen LogP contribution in [-0.2, 0) is 4.74 Å². The Morgan fingerprint density at radius 1 is 1.44 bits per heavy atom. The summed E-state index contributed by atoms with van der Waals surface area (Å²) in [5.74, 6) is -1.11. The molecule has 1 aromatic carbocycles. The zero-order valence-electron chi connectivity index (χ0n) is 9.61. The molecule has 7 nitrogen and oxygen atoms in total. The van der Waals surface area contributed by atoms with E-state index in [4.69, 9.17) is 15.4 Å². The summed E-state index contributed by atoms with van der Waals surface area (Å²) in [6, 6.07) is 4.76. The lowest BCUT2D eigenvalue weighted by Crippen LogP contribution is -2.36. The summed E-state index contributed by atoms with van der Waals surface area (Å²) in [6.07, 6.45) is 0. The molecule has 94 valence electrons. The molecule has 1 fully saturated rings. The van der Waals surface area contributed by atoms with E-state index in [-0.39, 0.29) is 11.3 Å². The van der Waals surface area contributed by atoms with Gasteiger partial charge in [0.1, 0.15) is 0 Å². The van der Waals surface area contributed by atoms with E-state index < -0.39 is 5.97 Å². The SMILES string of the molecule is [N-]=[N+]=Nc1cc(N2CCOCC2)ccc1C(=O)O. The minimum atomic E-state index is -1.11. The normalized spacial score (nSPS) is 15.0. The van der Waals surface area contributed by atoms with Gasteiger partial charge in [-0.3, -0.25) is 0 Å². The second kappa shape index (κ2) is 5.39. The van der Waals surface area contributed by atoms with E-state index in [9.17, 15) is 4.79 Å². The number of hydrogen-bond donors (Lipinski definition) is 1. The summed E-state index contributed by atoms with van der Waals surface area (Å²) in [6.45, 7) is 2.75. The third kappa shape index (κ3) is 2.53. The van der Waals surface area contributed by atoms with E-state index >= 15 is 0 Å². The lowest BCUT2D eigenvalue weighted by Gasteiger charge is -2.29. The fraction of sp³-hybridized carbons (Fsp3) is 0.364. The van der Waals surface area contributed by atoms with Crippen LogP contribution in [0.4, 0.5) is 11.4 Å². The van der Waals surface area contributed by atoms with Crippen LogP contribution in [0.3, 0.4) is 0 Å². The van der Waals surface area contributed by atoms with Crippen molar-refractivity contribution in [3.63, 3.8) is 0 Å². The summed E-state index contributed by atoms with van der Waals surface area (Å²) in [4.78, 5) is 15.7. The van der Waals surface area contributed by atoms with E-state index in [1.54, 1.807) is 12.1 Å². The number of rotatable bonds is 3. The van der Waals surface area contributed by atoms with Gasteiger partial charge >= 0.3 is 5.97 Å². The van der Waals surface area contributed by atoms with Crippen molar-refractivity contribution in [2.24, 2.45) is 5.11 Å². The summed E-state index contributed by atoms with van der Waals surface area (Å²) < 4.78 is 5.24. The molecule has 1 aromatic rings. The molecule has 7 heteroatoms. The molecule has 0 aliphatic carbocycles. The molecule has 0 saturated carbocycles. The minimum Gasteiger partial charge on any atom is -0.478 e. The van der Waals surface area contributed by atoms with Crippen molar-refractivity contribution < 1.29 is 14.6 Å². The van der Waals surface area contributed by atoms with Crippen LogP contribution in [0.2, 0.25) is 0 Å². The first-order valence-electron chi connectivity index (χ1n) is 5.47. The van der Waals surface area contributed by atoms with Crippen molar-refractivity contribution >= 4 is 17.3 Å². The van der Waals surface area contributed by atoms with E-state index in [0.717, 1.165) is 18.8 Å². The lowest BCUT2D eigenvalue weighted by atomic mass is 10.1. The molecule has 0 aromatic heterocycles. The minimum absolute atomic E-state index is 0.00445. The third-order valence-electron chi connectivity index (χ3n) is 2.74. The van der Waals surface area contributed by atoms with E-state index in [2.05, 4.69) is 14.9 Å². The molecule has 1 aliphatic rings. The van der Waals surface area contributed by atoms with E-state index in [1.165, 1.54) is 6.07 Å². The van der Waals surface area contributed by atoms with Gasteiger partial charge in [0.15, 0.2) is 0 Å². The van der Waals surface area contributed by atoms with Crippen molar-refractivity contribution in [3.8, 4) is 0 Å². The molecule has 0 atom stereocenters. The van der Waals surface area contributed by atoms with Gasteiger partial charge in [-0.15, -0.1) is 0 Å². The van der Waals surface area contributed by atoms with E-state index in [1.807, 2.05) is 0 Å². The predicted octanol–water partition coefficient (Wildman–Crippen LogP) is 2.16. The third-order valence-corrected chi connectivity index (χ3v) is 2.74. The average molecular weight is 248 g/mol. The second-order valence-corrected chi connectivity index (χ2v) is 3.80. The van der Waals surface area contributed by atoms with Gasteiger partial charge in [-0.05, 0) is 23.7 Å². The topological polar surface area (TPSA) is 98.5 Å². The Bertz CT molecular complexity index is 505. The molecule has 0 radical (unpaired) electrons. The zero-order valence-corrected chi connectivity index (χ0v) is 9.61. The first-order chi connectivity index (χ1) is 8.72. The largest absolute Gasteiger partial charge is 0.478 e. The number of anilines is 1. The standard InChI is InChI=1S/C11H12N4O3/c12-14-13-10-7-8(1-2-9(10)11(16)17)15-3-5-18-6-4-15/h1-2,7H,3-6H2,(H,16,17). The maximum absolute atomic E-state index is 11.0. The highest BCUT2D eigenvalue weighted by Crippen LogP contribution is 2.27. The molecule has 1 aliphatic heterocycles. The van der Waals surface area contributed by atoms with Gasteiger partial charge in [0.25, 0.3) is 0 Å². The number of carbonyl (C=O) groups is 1. The van der Waals surface area contributed by atoms with Crippen molar-refractivity contribution in [1.29, 1.82) is 0 Å². The van der Waals surface area contributed by atoms with Gasteiger partial charge in [0, 0.05) is 23.7 Å². The fourth-order valence-corrected chi connectivity index (χ4v) is 1.85. The Balaban J connectivity index is 2.35. The monoisotopic (exact) mass is 248 g/mol. The van der Waals surface area contributed by atoms with Crippen LogP contribution < -0.4 is 4.90 Å². The summed E-state index contributed by atoms with van der Waals surface area (Å²) in [5.41, 5.74) is 9.44. The van der Waals surface area contributed by atoms with Crippen molar-refractivity contribution in [2.45, 2.75) is 0 Å². The summed E-state index contributed by atoms with van der Waals surface area (Å²) >= 11 is 0. The van der Waals surface area contributed by atoms with Crippen LogP contribution in [0, 0.1) is 0 Å². The molecule has 1 heterocycles. The predicted molar refractivity (Wildman–Crippen MR) is 65.2 cm³/mol. The van der Waals surface area contributed by atoms with Gasteiger partial charge in [0.05, 0.1) is 24.5 Å². The Kier molecular flexibility index (Phi) is 3.66. The average Bonchev–Trinajstić information content (AvgIpc) is 2.40. The van der Waals surface area contributed by atoms with Crippen LogP contribution in [0.25, 0.3) is 10.4 Å². The zero-order chi connectivity index (χ0) is 13.0. The number of benzene rings is 1. The second-order valence-electron chi connectivity index (χ2n) is 3.80. The fourth-order valence-electron chi connectivity index (χ4n) is 1.85. The van der Waals surface area contributed by atoms with Gasteiger partial charge in [-0.25, -0.2) is 4.79 Å². The number of morpholine rings is 1. The molecule has 0 spiro atoms. The highest BCUT2D eigenvalue weighted by molar-refractivity contribution is 5.94. The number of carboxylic acids is 1. The number of nitrogens with zero attached hydrogens (tertiary/aromatic N) is 4. The van der Waals surface area contributed by atoms with Crippen LogP contribution in [0.15, 0.2) is 23.3 Å². The van der Waals surface area contributed by atoms with Gasteiger partial charge in [-0.2, -0.15) is 0 Å². The Morgan fingerprint density at radius 3 is 2.78 bits per heavy atom. The van der Waals surface area contributed by atoms with Crippen LogP contribution in [0.1, 0.15) is 10.4 Å². The molecular weight excluding hydrogens is 236 g/mol. The lowest BCUT2D eigenvalue weighted by molar-refractivity contribution is 0.0698. The van der Waals surface area contributed by atoms with Gasteiger partial charge < -0.3 is 14.7 Å². The van der Waals surface area contributed by atoms with Crippen LogP contribution in [0.5, 0.6) is 0 Å². The Morgan fingerprint density at radius 2 is 2.17 bits per heavy atom. The number of azide groups is 1. The highest BCUT2D eigenvalue weighted by Gasteiger charge is 2.15. The maximum Gasteiger partial charge on any atom is 0.336 e. The smallest absolute Gasteiger partial charge is 0.336 e. The van der Waals surface area contributed by atoms with Crippen LogP contribution in [-0.4, -0.2) is 37.4 Å². The summed E-state index contributed by atoms with van der Waals surface area (Å²) in [7, 11) is 0. The maximum atomic E-state index is 11.0. The molecular formula is C11H12N4O3. The Hall–Kier alpha value is -2.24. The Labute approximate surface area is 103 Å².